The largest absolute Gasteiger partial charge is 0.421 e. The molecular weight excluding hydrogens is 519 g/mol. The lowest BCUT2D eigenvalue weighted by atomic mass is 9.95. The molecule has 3 heterocycles. The average molecular weight is 550 g/mol. The number of hydrogen-bond acceptors (Lipinski definition) is 8. The van der Waals surface area contributed by atoms with Gasteiger partial charge in [0.05, 0.1) is 25.4 Å². The molecule has 2 saturated heterocycles. The Morgan fingerprint density at radius 3 is 2.44 bits per heavy atom. The number of hydrogen-bond donors (Lipinski definition) is 2. The van der Waals surface area contributed by atoms with Gasteiger partial charge >= 0.3 is 6.18 Å². The van der Waals surface area contributed by atoms with E-state index in [1.54, 1.807) is 17.5 Å². The Morgan fingerprint density at radius 1 is 1.11 bits per heavy atom. The van der Waals surface area contributed by atoms with Gasteiger partial charge in [0.2, 0.25) is 0 Å². The number of alkyl halides is 3. The van der Waals surface area contributed by atoms with E-state index in [9.17, 15) is 31.8 Å². The van der Waals surface area contributed by atoms with E-state index in [0.717, 1.165) is 18.3 Å². The molecule has 2 N–H and O–H groups in total. The third-order valence-electron chi connectivity index (χ3n) is 6.74. The quantitative estimate of drug-likeness (QED) is 0.547. The summed E-state index contributed by atoms with van der Waals surface area (Å²) in [6.45, 7) is 3.40. The van der Waals surface area contributed by atoms with E-state index < -0.39 is 21.8 Å². The number of aliphatic hydroxyl groups is 2. The van der Waals surface area contributed by atoms with Crippen LogP contribution in [0.4, 0.5) is 18.9 Å². The Labute approximate surface area is 212 Å². The first kappa shape index (κ1) is 27.3. The van der Waals surface area contributed by atoms with Gasteiger partial charge in [-0.2, -0.15) is 17.5 Å². The number of rotatable bonds is 7. The maximum Gasteiger partial charge on any atom is 0.421 e. The molecule has 2 aromatic rings. The van der Waals surface area contributed by atoms with Crippen LogP contribution in [0.25, 0.3) is 0 Å². The van der Waals surface area contributed by atoms with Crippen molar-refractivity contribution in [2.75, 3.05) is 57.4 Å². The highest BCUT2D eigenvalue weighted by Crippen LogP contribution is 2.39. The molecule has 1 aromatic heterocycles. The SMILES string of the molecule is CC(O)(c1ccc(N2CCN(S(=O)(=O)c3cccs3)C[C@H]2CN2CCO[C@H](CO)C2)cc1)C(F)(F)F. The Bertz CT molecular complexity index is 1110. The summed E-state index contributed by atoms with van der Waals surface area (Å²) in [4.78, 5) is 4.10. The molecule has 8 nitrogen and oxygen atoms in total. The van der Waals surface area contributed by atoms with Crippen LogP contribution in [0, 0.1) is 0 Å². The summed E-state index contributed by atoms with van der Waals surface area (Å²) in [5.74, 6) is 0. The molecule has 2 aliphatic rings. The van der Waals surface area contributed by atoms with Gasteiger partial charge in [-0.05, 0) is 36.1 Å². The van der Waals surface area contributed by atoms with Gasteiger partial charge in [0.25, 0.3) is 10.0 Å². The van der Waals surface area contributed by atoms with E-state index in [1.165, 1.54) is 28.6 Å². The molecule has 1 unspecified atom stereocenters. The summed E-state index contributed by atoms with van der Waals surface area (Å²) in [5.41, 5.74) is -2.61. The Balaban J connectivity index is 1.59. The molecule has 4 rings (SSSR count). The van der Waals surface area contributed by atoms with E-state index in [2.05, 4.69) is 4.90 Å². The lowest BCUT2D eigenvalue weighted by Gasteiger charge is -2.45. The smallest absolute Gasteiger partial charge is 0.394 e. The van der Waals surface area contributed by atoms with Crippen molar-refractivity contribution in [3.8, 4) is 0 Å². The van der Waals surface area contributed by atoms with Gasteiger partial charge in [-0.25, -0.2) is 8.42 Å². The molecule has 1 aromatic carbocycles. The zero-order valence-electron chi connectivity index (χ0n) is 19.8. The zero-order valence-corrected chi connectivity index (χ0v) is 21.4. The highest BCUT2D eigenvalue weighted by Gasteiger charge is 2.51. The Morgan fingerprint density at radius 2 is 1.83 bits per heavy atom. The highest BCUT2D eigenvalue weighted by molar-refractivity contribution is 7.91. The summed E-state index contributed by atoms with van der Waals surface area (Å²) < 4.78 is 73.5. The number of piperazine rings is 1. The predicted octanol–water partition coefficient (Wildman–Crippen LogP) is 2.09. The molecule has 0 spiro atoms. The van der Waals surface area contributed by atoms with Crippen LogP contribution in [-0.2, 0) is 20.4 Å². The number of ether oxygens (including phenoxy) is 1. The standard InChI is InChI=1S/C23H30F3N3O5S2/c1-22(31,23(24,25)26)17-4-6-18(7-5-17)29-9-8-28(36(32,33)21-3-2-12-35-21)14-19(29)13-27-10-11-34-20(15-27)16-30/h2-7,12,19-20,30-31H,8-11,13-16H2,1H3/t19-,20+,22?/m1/s1. The summed E-state index contributed by atoms with van der Waals surface area (Å²) >= 11 is 1.15. The van der Waals surface area contributed by atoms with Crippen LogP contribution in [0.5, 0.6) is 0 Å². The molecule has 200 valence electrons. The lowest BCUT2D eigenvalue weighted by molar-refractivity contribution is -0.258. The summed E-state index contributed by atoms with van der Waals surface area (Å²) in [6.07, 6.45) is -5.15. The van der Waals surface area contributed by atoms with Crippen LogP contribution in [0.1, 0.15) is 12.5 Å². The number of benzene rings is 1. The molecule has 2 aliphatic heterocycles. The minimum atomic E-state index is -4.82. The molecule has 2 fully saturated rings. The fourth-order valence-corrected chi connectivity index (χ4v) is 7.19. The number of aliphatic hydroxyl groups excluding tert-OH is 1. The third kappa shape index (κ3) is 5.57. The van der Waals surface area contributed by atoms with Gasteiger partial charge in [-0.3, -0.25) is 4.90 Å². The monoisotopic (exact) mass is 549 g/mol. The number of halogens is 3. The number of anilines is 1. The van der Waals surface area contributed by atoms with Crippen molar-refractivity contribution >= 4 is 27.0 Å². The van der Waals surface area contributed by atoms with Gasteiger partial charge in [0.1, 0.15) is 4.21 Å². The normalized spacial score (nSPS) is 24.6. The van der Waals surface area contributed by atoms with Crippen LogP contribution in [-0.4, -0.2) is 98.6 Å². The van der Waals surface area contributed by atoms with Crippen LogP contribution < -0.4 is 4.90 Å². The van der Waals surface area contributed by atoms with Crippen LogP contribution in [0.3, 0.4) is 0 Å². The van der Waals surface area contributed by atoms with E-state index in [0.29, 0.717) is 38.5 Å². The number of thiophene rings is 1. The first-order valence-electron chi connectivity index (χ1n) is 11.6. The second-order valence-corrected chi connectivity index (χ2v) is 12.3. The van der Waals surface area contributed by atoms with Gasteiger partial charge in [-0.1, -0.05) is 18.2 Å². The van der Waals surface area contributed by atoms with Crippen molar-refractivity contribution in [2.45, 2.75) is 35.1 Å². The number of nitrogens with zero attached hydrogens (tertiary/aromatic N) is 3. The topological polar surface area (TPSA) is 93.6 Å². The van der Waals surface area contributed by atoms with Gasteiger partial charge in [0.15, 0.2) is 5.60 Å². The maximum absolute atomic E-state index is 13.3. The Hall–Kier alpha value is -1.74. The molecule has 0 bridgehead atoms. The molecule has 0 saturated carbocycles. The van der Waals surface area contributed by atoms with Gasteiger partial charge < -0.3 is 19.8 Å². The first-order valence-corrected chi connectivity index (χ1v) is 13.9. The van der Waals surface area contributed by atoms with Crippen molar-refractivity contribution in [1.29, 1.82) is 0 Å². The Kier molecular flexibility index (Phi) is 8.01. The average Bonchev–Trinajstić information content (AvgIpc) is 3.40. The minimum absolute atomic E-state index is 0.121. The molecule has 13 heteroatoms. The van der Waals surface area contributed by atoms with E-state index in [4.69, 9.17) is 4.74 Å². The molecule has 0 amide bonds. The number of sulfonamides is 1. The molecular formula is C23H30F3N3O5S2. The molecule has 3 atom stereocenters. The third-order valence-corrected chi connectivity index (χ3v) is 9.98. The van der Waals surface area contributed by atoms with Gasteiger partial charge in [0, 0.05) is 45.0 Å². The van der Waals surface area contributed by atoms with Crippen LogP contribution in [0.15, 0.2) is 46.0 Å². The molecule has 0 radical (unpaired) electrons. The summed E-state index contributed by atoms with van der Waals surface area (Å²) in [7, 11) is -3.67. The fourth-order valence-electron chi connectivity index (χ4n) is 4.57. The van der Waals surface area contributed by atoms with Gasteiger partial charge in [-0.15, -0.1) is 11.3 Å². The van der Waals surface area contributed by atoms with Crippen molar-refractivity contribution in [3.63, 3.8) is 0 Å². The van der Waals surface area contributed by atoms with Crippen LogP contribution in [0.2, 0.25) is 0 Å². The lowest BCUT2D eigenvalue weighted by Crippen LogP contribution is -2.59. The predicted molar refractivity (Wildman–Crippen MR) is 130 cm³/mol. The van der Waals surface area contributed by atoms with Crippen molar-refractivity contribution in [3.05, 3.63) is 47.3 Å². The first-order chi connectivity index (χ1) is 16.9. The van der Waals surface area contributed by atoms with E-state index in [-0.39, 0.29) is 41.6 Å². The molecule has 36 heavy (non-hydrogen) atoms. The van der Waals surface area contributed by atoms with E-state index >= 15 is 0 Å². The zero-order chi connectivity index (χ0) is 26.1. The fraction of sp³-hybridized carbons (Fsp3) is 0.565. The van der Waals surface area contributed by atoms with E-state index in [1.807, 2.05) is 4.90 Å². The second kappa shape index (κ2) is 10.6. The number of morpholine rings is 1. The van der Waals surface area contributed by atoms with Crippen molar-refractivity contribution in [1.82, 2.24) is 9.21 Å². The summed E-state index contributed by atoms with van der Waals surface area (Å²) in [6, 6.07) is 8.53. The highest BCUT2D eigenvalue weighted by atomic mass is 32.2. The van der Waals surface area contributed by atoms with Crippen molar-refractivity contribution < 1.29 is 36.5 Å². The van der Waals surface area contributed by atoms with Crippen LogP contribution >= 0.6 is 11.3 Å². The molecule has 0 aliphatic carbocycles. The second-order valence-electron chi connectivity index (χ2n) is 9.19. The maximum atomic E-state index is 13.3. The summed E-state index contributed by atoms with van der Waals surface area (Å²) in [5, 5.41) is 21.2. The van der Waals surface area contributed by atoms with Crippen molar-refractivity contribution in [2.24, 2.45) is 0 Å². The minimum Gasteiger partial charge on any atom is -0.394 e.